The summed E-state index contributed by atoms with van der Waals surface area (Å²) in [5.74, 6) is -7.06. The molecule has 70 valence electrons. The Morgan fingerprint density at radius 2 is 1.85 bits per heavy atom. The first-order chi connectivity index (χ1) is 5.96. The van der Waals surface area contributed by atoms with Crippen molar-refractivity contribution in [1.29, 1.82) is 0 Å². The Balaban J connectivity index is 3.22. The minimum Gasteiger partial charge on any atom is -0.507 e. The summed E-state index contributed by atoms with van der Waals surface area (Å²) < 4.78 is 25.6. The Morgan fingerprint density at radius 3 is 2.31 bits per heavy atom. The molecule has 1 rings (SSSR count). The minimum atomic E-state index is -4.05. The summed E-state index contributed by atoms with van der Waals surface area (Å²) in [6.45, 7) is 0. The van der Waals surface area contributed by atoms with Crippen LogP contribution < -0.4 is 0 Å². The number of hydrogen-bond donors (Lipinski definition) is 2. The molecule has 1 aromatic rings. The number of hydrogen-bond acceptors (Lipinski definition) is 2. The highest BCUT2D eigenvalue weighted by Gasteiger charge is 2.42. The average Bonchev–Trinajstić information content (AvgIpc) is 2.04. The molecule has 0 fully saturated rings. The van der Waals surface area contributed by atoms with Gasteiger partial charge < -0.3 is 10.2 Å². The van der Waals surface area contributed by atoms with Gasteiger partial charge in [-0.2, -0.15) is 8.78 Å². The van der Waals surface area contributed by atoms with Crippen LogP contribution in [-0.2, 0) is 10.7 Å². The summed E-state index contributed by atoms with van der Waals surface area (Å²) in [7, 11) is 0. The number of halogens is 2. The van der Waals surface area contributed by atoms with Crippen LogP contribution in [-0.4, -0.2) is 16.2 Å². The lowest BCUT2D eigenvalue weighted by Gasteiger charge is -2.12. The second kappa shape index (κ2) is 3.01. The summed E-state index contributed by atoms with van der Waals surface area (Å²) >= 11 is 0. The third kappa shape index (κ3) is 1.58. The fraction of sp³-hybridized carbons (Fsp3) is 0.125. The first-order valence-electron chi connectivity index (χ1n) is 3.36. The van der Waals surface area contributed by atoms with Crippen molar-refractivity contribution in [2.45, 2.75) is 5.92 Å². The van der Waals surface area contributed by atoms with Crippen LogP contribution in [0.2, 0.25) is 0 Å². The lowest BCUT2D eigenvalue weighted by atomic mass is 10.1. The molecule has 0 bridgehead atoms. The molecule has 0 unspecified atom stereocenters. The number of benzene rings is 1. The summed E-state index contributed by atoms with van der Waals surface area (Å²) in [6, 6.07) is 4.43. The maximum atomic E-state index is 12.8. The lowest BCUT2D eigenvalue weighted by molar-refractivity contribution is -0.166. The van der Waals surface area contributed by atoms with Crippen molar-refractivity contribution < 1.29 is 23.8 Å². The number of carboxylic acids is 1. The van der Waals surface area contributed by atoms with Crippen LogP contribution in [0.4, 0.5) is 8.78 Å². The molecule has 3 nitrogen and oxygen atoms in total. The number of alkyl halides is 2. The van der Waals surface area contributed by atoms with Crippen molar-refractivity contribution in [1.82, 2.24) is 0 Å². The summed E-state index contributed by atoms with van der Waals surface area (Å²) in [5, 5.41) is 17.1. The predicted molar refractivity (Wildman–Crippen MR) is 39.6 cm³/mol. The Bertz CT molecular complexity index is 336. The van der Waals surface area contributed by atoms with Crippen LogP contribution in [0.15, 0.2) is 24.3 Å². The van der Waals surface area contributed by atoms with Gasteiger partial charge in [0.15, 0.2) is 0 Å². The molecule has 1 aromatic carbocycles. The van der Waals surface area contributed by atoms with Crippen molar-refractivity contribution >= 4 is 5.97 Å². The largest absolute Gasteiger partial charge is 0.507 e. The van der Waals surface area contributed by atoms with E-state index in [0.29, 0.717) is 0 Å². The number of aromatic hydroxyl groups is 1. The summed E-state index contributed by atoms with van der Waals surface area (Å²) in [6.07, 6.45) is 0. The molecule has 13 heavy (non-hydrogen) atoms. The van der Waals surface area contributed by atoms with Gasteiger partial charge in [-0.3, -0.25) is 0 Å². The molecule has 0 aromatic heterocycles. The molecule has 0 atom stereocenters. The molecule has 0 amide bonds. The topological polar surface area (TPSA) is 57.5 Å². The quantitative estimate of drug-likeness (QED) is 0.740. The maximum absolute atomic E-state index is 12.8. The van der Waals surface area contributed by atoms with Crippen molar-refractivity contribution in [2.75, 3.05) is 0 Å². The Kier molecular flexibility index (Phi) is 2.18. The highest BCUT2D eigenvalue weighted by molar-refractivity contribution is 5.78. The Labute approximate surface area is 72.2 Å². The first kappa shape index (κ1) is 9.44. The van der Waals surface area contributed by atoms with Crippen molar-refractivity contribution in [2.24, 2.45) is 0 Å². The fourth-order valence-corrected chi connectivity index (χ4v) is 0.854. The van der Waals surface area contributed by atoms with E-state index in [-0.39, 0.29) is 0 Å². The van der Waals surface area contributed by atoms with Gasteiger partial charge in [-0.05, 0) is 12.1 Å². The molecule has 5 heteroatoms. The molecule has 0 heterocycles. The van der Waals surface area contributed by atoms with E-state index in [1.165, 1.54) is 12.1 Å². The van der Waals surface area contributed by atoms with Crippen LogP contribution in [0.3, 0.4) is 0 Å². The maximum Gasteiger partial charge on any atom is 0.379 e. The Hall–Kier alpha value is -1.65. The van der Waals surface area contributed by atoms with Crippen molar-refractivity contribution in [3.05, 3.63) is 29.8 Å². The number of carbonyl (C=O) groups is 1. The molecule has 0 aliphatic carbocycles. The van der Waals surface area contributed by atoms with E-state index in [2.05, 4.69) is 0 Å². The van der Waals surface area contributed by atoms with Gasteiger partial charge in [0.1, 0.15) is 5.75 Å². The summed E-state index contributed by atoms with van der Waals surface area (Å²) in [4.78, 5) is 10.1. The smallest absolute Gasteiger partial charge is 0.379 e. The third-order valence-electron chi connectivity index (χ3n) is 1.51. The number of aliphatic carboxylic acids is 1. The molecule has 0 spiro atoms. The average molecular weight is 188 g/mol. The van der Waals surface area contributed by atoms with Gasteiger partial charge in [0.25, 0.3) is 0 Å². The van der Waals surface area contributed by atoms with Crippen molar-refractivity contribution in [3.63, 3.8) is 0 Å². The normalized spacial score (nSPS) is 11.2. The zero-order valence-corrected chi connectivity index (χ0v) is 6.37. The van der Waals surface area contributed by atoms with E-state index in [1.807, 2.05) is 0 Å². The molecular formula is C8H6F2O3. The lowest BCUT2D eigenvalue weighted by Crippen LogP contribution is -2.25. The molecule has 0 saturated carbocycles. The van der Waals surface area contributed by atoms with Gasteiger partial charge >= 0.3 is 11.9 Å². The zero-order chi connectivity index (χ0) is 10.1. The van der Waals surface area contributed by atoms with Crippen LogP contribution in [0.5, 0.6) is 5.75 Å². The van der Waals surface area contributed by atoms with Gasteiger partial charge in [0.2, 0.25) is 0 Å². The van der Waals surface area contributed by atoms with Crippen LogP contribution in [0.1, 0.15) is 5.56 Å². The van der Waals surface area contributed by atoms with E-state index >= 15 is 0 Å². The first-order valence-corrected chi connectivity index (χ1v) is 3.36. The van der Waals surface area contributed by atoms with Gasteiger partial charge in [-0.15, -0.1) is 0 Å². The highest BCUT2D eigenvalue weighted by atomic mass is 19.3. The second-order valence-corrected chi connectivity index (χ2v) is 2.40. The van der Waals surface area contributed by atoms with Gasteiger partial charge in [-0.25, -0.2) is 4.79 Å². The molecule has 0 radical (unpaired) electrons. The number of phenolic OH excluding ortho intramolecular Hbond substituents is 1. The molecule has 0 saturated heterocycles. The molecule has 0 aliphatic heterocycles. The van der Waals surface area contributed by atoms with Crippen LogP contribution in [0.25, 0.3) is 0 Å². The summed E-state index contributed by atoms with van der Waals surface area (Å²) in [5.41, 5.74) is -0.900. The molecular weight excluding hydrogens is 182 g/mol. The number of carboxylic acid groups (broad SMARTS) is 1. The van der Waals surface area contributed by atoms with E-state index < -0.39 is 23.2 Å². The fourth-order valence-electron chi connectivity index (χ4n) is 0.854. The third-order valence-corrected chi connectivity index (χ3v) is 1.51. The highest BCUT2D eigenvalue weighted by Crippen LogP contribution is 2.33. The van der Waals surface area contributed by atoms with E-state index in [1.54, 1.807) is 0 Å². The minimum absolute atomic E-state index is 0.727. The van der Waals surface area contributed by atoms with Gasteiger partial charge in [0.05, 0.1) is 5.56 Å². The van der Waals surface area contributed by atoms with E-state index in [9.17, 15) is 13.6 Å². The zero-order valence-electron chi connectivity index (χ0n) is 6.37. The van der Waals surface area contributed by atoms with Crippen LogP contribution >= 0.6 is 0 Å². The number of rotatable bonds is 2. The van der Waals surface area contributed by atoms with E-state index in [0.717, 1.165) is 12.1 Å². The number of para-hydroxylation sites is 1. The predicted octanol–water partition coefficient (Wildman–Crippen LogP) is 1.57. The van der Waals surface area contributed by atoms with Crippen molar-refractivity contribution in [3.8, 4) is 5.75 Å². The monoisotopic (exact) mass is 188 g/mol. The van der Waals surface area contributed by atoms with Gasteiger partial charge in [0, 0.05) is 0 Å². The van der Waals surface area contributed by atoms with E-state index in [4.69, 9.17) is 10.2 Å². The van der Waals surface area contributed by atoms with Gasteiger partial charge in [-0.1, -0.05) is 12.1 Å². The Morgan fingerprint density at radius 1 is 1.31 bits per heavy atom. The second-order valence-electron chi connectivity index (χ2n) is 2.40. The molecule has 0 aliphatic rings. The molecule has 2 N–H and O–H groups in total. The SMILES string of the molecule is O=C(O)C(F)(F)c1ccccc1O. The van der Waals surface area contributed by atoms with Crippen LogP contribution in [0, 0.1) is 0 Å². The number of phenols is 1. The standard InChI is InChI=1S/C8H6F2O3/c9-8(10,7(12)13)5-3-1-2-4-6(5)11/h1-4,11H,(H,12,13).